The first-order valence-corrected chi connectivity index (χ1v) is 4.73. The number of esters is 1. The molecule has 0 fully saturated rings. The van der Waals surface area contributed by atoms with Crippen LogP contribution in [-0.2, 0) is 11.3 Å². The summed E-state index contributed by atoms with van der Waals surface area (Å²) in [4.78, 5) is 11.3. The molecule has 0 aliphatic carbocycles. The van der Waals surface area contributed by atoms with Crippen molar-refractivity contribution in [1.29, 1.82) is 5.26 Å². The summed E-state index contributed by atoms with van der Waals surface area (Å²) in [6, 6.07) is 1.65. The average molecular weight is 224 g/mol. The first-order chi connectivity index (χ1) is 7.63. The van der Waals surface area contributed by atoms with Gasteiger partial charge in [0.15, 0.2) is 0 Å². The molecule has 1 rings (SSSR count). The number of tetrazole rings is 1. The van der Waals surface area contributed by atoms with Crippen LogP contribution in [0.1, 0.15) is 19.8 Å². The summed E-state index contributed by atoms with van der Waals surface area (Å²) in [5.41, 5.74) is 5.44. The van der Waals surface area contributed by atoms with Crippen molar-refractivity contribution in [3.8, 4) is 12.1 Å². The van der Waals surface area contributed by atoms with E-state index >= 15 is 0 Å². The molecule has 16 heavy (non-hydrogen) atoms. The van der Waals surface area contributed by atoms with Crippen LogP contribution in [0.25, 0.3) is 0 Å². The van der Waals surface area contributed by atoms with Crippen molar-refractivity contribution in [2.45, 2.75) is 32.4 Å². The lowest BCUT2D eigenvalue weighted by molar-refractivity contribution is -0.135. The zero-order valence-electron chi connectivity index (χ0n) is 8.83. The Balaban J connectivity index is 2.56. The highest BCUT2D eigenvalue weighted by Crippen LogP contribution is 2.05. The number of aryl methyl sites for hydroxylation is 1. The first-order valence-electron chi connectivity index (χ1n) is 4.73. The third-order valence-corrected chi connectivity index (χ3v) is 1.63. The van der Waals surface area contributed by atoms with Crippen LogP contribution in [0.4, 0.5) is 0 Å². The molecule has 0 spiro atoms. The Morgan fingerprint density at radius 3 is 3.12 bits per heavy atom. The minimum Gasteiger partial charge on any atom is -0.390 e. The number of aromatic nitrogens is 4. The standard InChI is InChI=1S/C8H12N6O2/c1-6(10)5-7(15)16-8-11-12-13-14(8)4-2-3-9/h6H,2,4-5,10H2,1H3/t6-/m0/s1. The molecule has 0 aliphatic rings. The van der Waals surface area contributed by atoms with E-state index < -0.39 is 5.97 Å². The molecule has 8 nitrogen and oxygen atoms in total. The number of nitrogens with zero attached hydrogens (tertiary/aromatic N) is 5. The van der Waals surface area contributed by atoms with Gasteiger partial charge in [-0.1, -0.05) is 5.10 Å². The van der Waals surface area contributed by atoms with Crippen LogP contribution in [0.3, 0.4) is 0 Å². The number of hydrogen-bond acceptors (Lipinski definition) is 7. The average Bonchev–Trinajstić information content (AvgIpc) is 2.61. The number of carbonyl (C=O) groups is 1. The molecule has 0 bridgehead atoms. The molecule has 1 heterocycles. The van der Waals surface area contributed by atoms with E-state index in [1.165, 1.54) is 4.68 Å². The van der Waals surface area contributed by atoms with Gasteiger partial charge in [-0.25, -0.2) is 0 Å². The van der Waals surface area contributed by atoms with Crippen LogP contribution >= 0.6 is 0 Å². The summed E-state index contributed by atoms with van der Waals surface area (Å²) in [6.07, 6.45) is 0.327. The lowest BCUT2D eigenvalue weighted by Crippen LogP contribution is -2.23. The molecule has 0 saturated heterocycles. The van der Waals surface area contributed by atoms with Gasteiger partial charge in [0, 0.05) is 6.04 Å². The van der Waals surface area contributed by atoms with Crippen molar-refractivity contribution in [3.63, 3.8) is 0 Å². The predicted octanol–water partition coefficient (Wildman–Crippen LogP) is -0.771. The summed E-state index contributed by atoms with van der Waals surface area (Å²) in [5.74, 6) is -0.497. The van der Waals surface area contributed by atoms with Gasteiger partial charge in [0.05, 0.1) is 25.5 Å². The Kier molecular flexibility index (Phi) is 4.35. The van der Waals surface area contributed by atoms with E-state index in [1.807, 2.05) is 6.07 Å². The first kappa shape index (κ1) is 12.1. The molecule has 0 aliphatic heterocycles. The SMILES string of the molecule is C[C@H](N)CC(=O)Oc1nnnn1CCC#N. The second-order valence-corrected chi connectivity index (χ2v) is 3.25. The van der Waals surface area contributed by atoms with Crippen LogP contribution in [0.15, 0.2) is 0 Å². The molecule has 8 heteroatoms. The molecule has 0 amide bonds. The fourth-order valence-electron chi connectivity index (χ4n) is 0.972. The van der Waals surface area contributed by atoms with Crippen molar-refractivity contribution in [3.05, 3.63) is 0 Å². The van der Waals surface area contributed by atoms with Crippen LogP contribution in [0, 0.1) is 11.3 Å². The highest BCUT2D eigenvalue weighted by atomic mass is 16.6. The van der Waals surface area contributed by atoms with E-state index in [0.29, 0.717) is 0 Å². The van der Waals surface area contributed by atoms with E-state index in [0.717, 1.165) is 0 Å². The van der Waals surface area contributed by atoms with Crippen molar-refractivity contribution >= 4 is 5.97 Å². The predicted molar refractivity (Wildman–Crippen MR) is 51.9 cm³/mol. The Morgan fingerprint density at radius 1 is 1.75 bits per heavy atom. The third kappa shape index (κ3) is 3.62. The number of ether oxygens (including phenoxy) is 1. The van der Waals surface area contributed by atoms with E-state index in [1.54, 1.807) is 6.92 Å². The Morgan fingerprint density at radius 2 is 2.50 bits per heavy atom. The van der Waals surface area contributed by atoms with Gasteiger partial charge >= 0.3 is 12.0 Å². The molecular formula is C8H12N6O2. The van der Waals surface area contributed by atoms with E-state index in [-0.39, 0.29) is 31.4 Å². The summed E-state index contributed by atoms with van der Waals surface area (Å²) in [6.45, 7) is 1.98. The van der Waals surface area contributed by atoms with Crippen LogP contribution in [-0.4, -0.2) is 32.2 Å². The normalized spacial score (nSPS) is 11.8. The van der Waals surface area contributed by atoms with Crippen LogP contribution in [0.5, 0.6) is 6.01 Å². The van der Waals surface area contributed by atoms with E-state index in [9.17, 15) is 4.79 Å². The maximum absolute atomic E-state index is 11.3. The van der Waals surface area contributed by atoms with Gasteiger partial charge in [-0.05, 0) is 17.4 Å². The lowest BCUT2D eigenvalue weighted by atomic mass is 10.3. The van der Waals surface area contributed by atoms with Gasteiger partial charge in [0.1, 0.15) is 0 Å². The minimum absolute atomic E-state index is 0.0131. The number of hydrogen-bond donors (Lipinski definition) is 1. The molecule has 1 atom stereocenters. The second kappa shape index (κ2) is 5.77. The van der Waals surface area contributed by atoms with Crippen molar-refractivity contribution in [2.24, 2.45) is 5.73 Å². The molecule has 0 unspecified atom stereocenters. The van der Waals surface area contributed by atoms with Gasteiger partial charge < -0.3 is 10.5 Å². The van der Waals surface area contributed by atoms with Crippen molar-refractivity contribution < 1.29 is 9.53 Å². The highest BCUT2D eigenvalue weighted by molar-refractivity contribution is 5.72. The zero-order valence-corrected chi connectivity index (χ0v) is 8.83. The van der Waals surface area contributed by atoms with Crippen molar-refractivity contribution in [1.82, 2.24) is 20.2 Å². The largest absolute Gasteiger partial charge is 0.390 e. The molecule has 2 N–H and O–H groups in total. The topological polar surface area (TPSA) is 120 Å². The van der Waals surface area contributed by atoms with E-state index in [4.69, 9.17) is 15.7 Å². The molecule has 0 saturated carbocycles. The second-order valence-electron chi connectivity index (χ2n) is 3.25. The molecule has 0 radical (unpaired) electrons. The maximum atomic E-state index is 11.3. The number of rotatable bonds is 5. The van der Waals surface area contributed by atoms with Gasteiger partial charge in [-0.3, -0.25) is 4.79 Å². The molecule has 1 aromatic rings. The monoisotopic (exact) mass is 224 g/mol. The molecule has 0 aromatic carbocycles. The summed E-state index contributed by atoms with van der Waals surface area (Å²) in [5, 5.41) is 18.9. The minimum atomic E-state index is -0.497. The van der Waals surface area contributed by atoms with Crippen LogP contribution < -0.4 is 10.5 Å². The smallest absolute Gasteiger partial charge is 0.343 e. The number of carbonyl (C=O) groups excluding carboxylic acids is 1. The van der Waals surface area contributed by atoms with Crippen LogP contribution in [0.2, 0.25) is 0 Å². The molecule has 86 valence electrons. The summed E-state index contributed by atoms with van der Waals surface area (Å²) < 4.78 is 6.14. The summed E-state index contributed by atoms with van der Waals surface area (Å²) >= 11 is 0. The third-order valence-electron chi connectivity index (χ3n) is 1.63. The van der Waals surface area contributed by atoms with Gasteiger partial charge in [-0.2, -0.15) is 9.94 Å². The van der Waals surface area contributed by atoms with Crippen molar-refractivity contribution in [2.75, 3.05) is 0 Å². The fourth-order valence-corrected chi connectivity index (χ4v) is 0.972. The maximum Gasteiger partial charge on any atom is 0.343 e. The number of nitriles is 1. The fraction of sp³-hybridized carbons (Fsp3) is 0.625. The lowest BCUT2D eigenvalue weighted by Gasteiger charge is -2.05. The zero-order chi connectivity index (χ0) is 12.0. The Hall–Kier alpha value is -2.01. The quantitative estimate of drug-likeness (QED) is 0.652. The highest BCUT2D eigenvalue weighted by Gasteiger charge is 2.13. The Labute approximate surface area is 92.0 Å². The Bertz CT molecular complexity index is 393. The number of nitrogens with two attached hydrogens (primary N) is 1. The van der Waals surface area contributed by atoms with Gasteiger partial charge in [0.25, 0.3) is 0 Å². The van der Waals surface area contributed by atoms with Gasteiger partial charge in [-0.15, -0.1) is 0 Å². The van der Waals surface area contributed by atoms with E-state index in [2.05, 4.69) is 15.5 Å². The molecular weight excluding hydrogens is 212 g/mol. The van der Waals surface area contributed by atoms with Gasteiger partial charge in [0.2, 0.25) is 0 Å². The molecule has 1 aromatic heterocycles. The summed E-state index contributed by atoms with van der Waals surface area (Å²) in [7, 11) is 0.